The van der Waals surface area contributed by atoms with Crippen LogP contribution in [0.3, 0.4) is 0 Å². The van der Waals surface area contributed by atoms with Gasteiger partial charge in [0, 0.05) is 33.1 Å². The number of thiazole rings is 1. The van der Waals surface area contributed by atoms with E-state index in [2.05, 4.69) is 16.0 Å². The highest BCUT2D eigenvalue weighted by Crippen LogP contribution is 2.22. The lowest BCUT2D eigenvalue weighted by Gasteiger charge is -2.34. The number of hydrogen-bond donors (Lipinski definition) is 0. The first-order valence-electron chi connectivity index (χ1n) is 7.60. The van der Waals surface area contributed by atoms with Crippen molar-refractivity contribution < 1.29 is 14.3 Å². The second-order valence-electron chi connectivity index (χ2n) is 5.51. The molecular formula is C16H19N3O3S. The Balaban J connectivity index is 1.51. The van der Waals surface area contributed by atoms with E-state index in [-0.39, 0.29) is 12.5 Å². The third kappa shape index (κ3) is 4.05. The van der Waals surface area contributed by atoms with E-state index >= 15 is 0 Å². The molecule has 0 unspecified atom stereocenters. The highest BCUT2D eigenvalue weighted by atomic mass is 32.1. The smallest absolute Gasteiger partial charge is 0.303 e. The van der Waals surface area contributed by atoms with E-state index < -0.39 is 5.97 Å². The molecule has 2 heterocycles. The first-order valence-corrected chi connectivity index (χ1v) is 8.41. The minimum absolute atomic E-state index is 0.125. The van der Waals surface area contributed by atoms with Crippen LogP contribution in [-0.2, 0) is 20.9 Å². The Bertz CT molecular complexity index is 674. The number of para-hydroxylation sites is 1. The fraction of sp³-hybridized carbons (Fsp3) is 0.438. The second kappa shape index (κ2) is 7.06. The fourth-order valence-corrected chi connectivity index (χ4v) is 3.60. The number of fused-ring (bicyclic) bond motifs is 1. The lowest BCUT2D eigenvalue weighted by molar-refractivity contribution is -0.151. The van der Waals surface area contributed by atoms with Crippen LogP contribution in [0, 0.1) is 0 Å². The van der Waals surface area contributed by atoms with Gasteiger partial charge in [0.1, 0.15) is 5.01 Å². The number of piperazine rings is 1. The van der Waals surface area contributed by atoms with Crippen molar-refractivity contribution in [2.24, 2.45) is 0 Å². The molecule has 1 saturated heterocycles. The van der Waals surface area contributed by atoms with E-state index in [1.807, 2.05) is 18.2 Å². The molecule has 23 heavy (non-hydrogen) atoms. The summed E-state index contributed by atoms with van der Waals surface area (Å²) in [4.78, 5) is 31.4. The summed E-state index contributed by atoms with van der Waals surface area (Å²) < 4.78 is 5.97. The zero-order chi connectivity index (χ0) is 16.2. The molecule has 1 aliphatic rings. The van der Waals surface area contributed by atoms with E-state index in [0.29, 0.717) is 13.1 Å². The number of nitrogens with zero attached hydrogens (tertiary/aromatic N) is 3. The molecule has 1 fully saturated rings. The van der Waals surface area contributed by atoms with Crippen LogP contribution in [0.15, 0.2) is 24.3 Å². The van der Waals surface area contributed by atoms with E-state index in [1.54, 1.807) is 16.2 Å². The number of aromatic nitrogens is 1. The van der Waals surface area contributed by atoms with Crippen molar-refractivity contribution in [1.29, 1.82) is 0 Å². The van der Waals surface area contributed by atoms with E-state index in [0.717, 1.165) is 30.2 Å². The molecule has 0 N–H and O–H groups in total. The van der Waals surface area contributed by atoms with Crippen LogP contribution in [0.5, 0.6) is 0 Å². The molecule has 1 aromatic heterocycles. The maximum absolute atomic E-state index is 11.9. The highest BCUT2D eigenvalue weighted by molar-refractivity contribution is 7.18. The number of carbonyl (C=O) groups is 2. The molecule has 1 aliphatic heterocycles. The van der Waals surface area contributed by atoms with Gasteiger partial charge >= 0.3 is 5.97 Å². The van der Waals surface area contributed by atoms with Crippen molar-refractivity contribution in [3.63, 3.8) is 0 Å². The average molecular weight is 333 g/mol. The molecule has 1 aromatic carbocycles. The summed E-state index contributed by atoms with van der Waals surface area (Å²) in [7, 11) is 0. The Morgan fingerprint density at radius 2 is 1.96 bits per heavy atom. The van der Waals surface area contributed by atoms with Crippen LogP contribution in [0.4, 0.5) is 0 Å². The Kier molecular flexibility index (Phi) is 4.88. The third-order valence-corrected chi connectivity index (χ3v) is 4.84. The van der Waals surface area contributed by atoms with Gasteiger partial charge in [-0.15, -0.1) is 11.3 Å². The van der Waals surface area contributed by atoms with Crippen LogP contribution in [0.1, 0.15) is 11.9 Å². The monoisotopic (exact) mass is 333 g/mol. The molecule has 1 amide bonds. The Hall–Kier alpha value is -1.99. The van der Waals surface area contributed by atoms with Gasteiger partial charge in [-0.2, -0.15) is 0 Å². The molecular weight excluding hydrogens is 314 g/mol. The number of benzene rings is 1. The van der Waals surface area contributed by atoms with Crippen molar-refractivity contribution in [1.82, 2.24) is 14.8 Å². The van der Waals surface area contributed by atoms with Gasteiger partial charge in [0.25, 0.3) is 5.91 Å². The second-order valence-corrected chi connectivity index (χ2v) is 6.63. The standard InChI is InChI=1S/C16H19N3O3S/c1-12(20)22-11-16(21)19-8-6-18(7-9-19)10-15-17-13-4-2-3-5-14(13)23-15/h2-5H,6-11H2,1H3. The molecule has 6 nitrogen and oxygen atoms in total. The van der Waals surface area contributed by atoms with Crippen molar-refractivity contribution in [2.75, 3.05) is 32.8 Å². The fourth-order valence-electron chi connectivity index (χ4n) is 2.59. The number of rotatable bonds is 4. The van der Waals surface area contributed by atoms with E-state index in [1.165, 1.54) is 11.6 Å². The minimum atomic E-state index is -0.423. The number of carbonyl (C=O) groups excluding carboxylic acids is 2. The highest BCUT2D eigenvalue weighted by Gasteiger charge is 2.22. The van der Waals surface area contributed by atoms with Crippen LogP contribution < -0.4 is 0 Å². The van der Waals surface area contributed by atoms with Gasteiger partial charge in [0.05, 0.1) is 16.8 Å². The summed E-state index contributed by atoms with van der Waals surface area (Å²) in [5.41, 5.74) is 1.04. The quantitative estimate of drug-likeness (QED) is 0.794. The van der Waals surface area contributed by atoms with Crippen LogP contribution in [0.25, 0.3) is 10.2 Å². The Labute approximate surface area is 138 Å². The molecule has 2 aromatic rings. The first kappa shape index (κ1) is 15.9. The van der Waals surface area contributed by atoms with E-state index in [4.69, 9.17) is 4.74 Å². The summed E-state index contributed by atoms with van der Waals surface area (Å²) >= 11 is 1.72. The SMILES string of the molecule is CC(=O)OCC(=O)N1CCN(Cc2nc3ccccc3s2)CC1. The summed E-state index contributed by atoms with van der Waals surface area (Å²) in [5, 5.41) is 1.10. The van der Waals surface area contributed by atoms with Gasteiger partial charge in [-0.1, -0.05) is 12.1 Å². The Morgan fingerprint density at radius 1 is 1.22 bits per heavy atom. The minimum Gasteiger partial charge on any atom is -0.456 e. The number of amides is 1. The predicted molar refractivity (Wildman–Crippen MR) is 88.1 cm³/mol. The zero-order valence-electron chi connectivity index (χ0n) is 13.0. The Morgan fingerprint density at radius 3 is 2.65 bits per heavy atom. The average Bonchev–Trinajstić information content (AvgIpc) is 2.95. The largest absolute Gasteiger partial charge is 0.456 e. The molecule has 0 spiro atoms. The first-order chi connectivity index (χ1) is 11.1. The predicted octanol–water partition coefficient (Wildman–Crippen LogP) is 1.50. The molecule has 7 heteroatoms. The molecule has 0 atom stereocenters. The zero-order valence-corrected chi connectivity index (χ0v) is 13.8. The van der Waals surface area contributed by atoms with Crippen molar-refractivity contribution in [3.05, 3.63) is 29.3 Å². The molecule has 3 rings (SSSR count). The topological polar surface area (TPSA) is 62.7 Å². The third-order valence-electron chi connectivity index (χ3n) is 3.82. The normalized spacial score (nSPS) is 15.8. The number of esters is 1. The van der Waals surface area contributed by atoms with Gasteiger partial charge in [0.2, 0.25) is 0 Å². The lowest BCUT2D eigenvalue weighted by Crippen LogP contribution is -2.49. The van der Waals surface area contributed by atoms with Gasteiger partial charge in [0.15, 0.2) is 6.61 Å². The van der Waals surface area contributed by atoms with Crippen LogP contribution >= 0.6 is 11.3 Å². The summed E-state index contributed by atoms with van der Waals surface area (Å²) in [5.74, 6) is -0.548. The van der Waals surface area contributed by atoms with E-state index in [9.17, 15) is 9.59 Å². The van der Waals surface area contributed by atoms with Crippen molar-refractivity contribution in [2.45, 2.75) is 13.5 Å². The summed E-state index contributed by atoms with van der Waals surface area (Å²) in [6, 6.07) is 8.14. The molecule has 0 bridgehead atoms. The van der Waals surface area contributed by atoms with Gasteiger partial charge in [-0.25, -0.2) is 4.98 Å². The maximum atomic E-state index is 11.9. The maximum Gasteiger partial charge on any atom is 0.303 e. The van der Waals surface area contributed by atoms with Crippen molar-refractivity contribution in [3.8, 4) is 0 Å². The molecule has 0 aliphatic carbocycles. The van der Waals surface area contributed by atoms with Gasteiger partial charge < -0.3 is 9.64 Å². The lowest BCUT2D eigenvalue weighted by atomic mass is 10.3. The van der Waals surface area contributed by atoms with Crippen molar-refractivity contribution >= 4 is 33.4 Å². The summed E-state index contributed by atoms with van der Waals surface area (Å²) in [6.45, 7) is 4.89. The van der Waals surface area contributed by atoms with Crippen LogP contribution in [-0.4, -0.2) is 59.4 Å². The van der Waals surface area contributed by atoms with Gasteiger partial charge in [-0.3, -0.25) is 14.5 Å². The molecule has 122 valence electrons. The number of ether oxygens (including phenoxy) is 1. The van der Waals surface area contributed by atoms with Crippen LogP contribution in [0.2, 0.25) is 0 Å². The number of hydrogen-bond acceptors (Lipinski definition) is 6. The molecule has 0 saturated carbocycles. The molecule has 0 radical (unpaired) electrons. The van der Waals surface area contributed by atoms with Gasteiger partial charge in [-0.05, 0) is 12.1 Å². The summed E-state index contributed by atoms with van der Waals surface area (Å²) in [6.07, 6.45) is 0.